The number of imidazole rings is 1. The van der Waals surface area contributed by atoms with Gasteiger partial charge in [-0.2, -0.15) is 0 Å². The number of hydrogen-bond donors (Lipinski definition) is 2. The summed E-state index contributed by atoms with van der Waals surface area (Å²) in [6.45, 7) is 2.12. The van der Waals surface area contributed by atoms with E-state index in [2.05, 4.69) is 20.2 Å². The lowest BCUT2D eigenvalue weighted by atomic mass is 10.1. The highest BCUT2D eigenvalue weighted by atomic mass is 32.2. The molecule has 1 aliphatic carbocycles. The van der Waals surface area contributed by atoms with E-state index in [-0.39, 0.29) is 11.9 Å². The van der Waals surface area contributed by atoms with Gasteiger partial charge in [0.25, 0.3) is 5.91 Å². The first-order valence-electron chi connectivity index (χ1n) is 9.96. The number of thioether (sulfide) groups is 1. The van der Waals surface area contributed by atoms with Crippen molar-refractivity contribution >= 4 is 28.7 Å². The highest BCUT2D eigenvalue weighted by Gasteiger charge is 2.34. The molecule has 1 aliphatic heterocycles. The number of para-hydroxylation sites is 2. The second-order valence-electron chi connectivity index (χ2n) is 7.73. The number of nitrogens with zero attached hydrogens (tertiary/aromatic N) is 2. The summed E-state index contributed by atoms with van der Waals surface area (Å²) in [7, 11) is 0. The molecule has 2 aliphatic rings. The van der Waals surface area contributed by atoms with Crippen LogP contribution in [0.2, 0.25) is 0 Å². The van der Waals surface area contributed by atoms with Crippen LogP contribution in [-0.4, -0.2) is 45.9 Å². The molecule has 2 aromatic carbocycles. The molecule has 2 fully saturated rings. The number of likely N-dealkylation sites (tertiary alicyclic amines) is 1. The quantitative estimate of drug-likeness (QED) is 0.626. The van der Waals surface area contributed by atoms with Gasteiger partial charge in [0.15, 0.2) is 5.16 Å². The minimum atomic E-state index is 0.0409. The molecule has 28 heavy (non-hydrogen) atoms. The Morgan fingerprint density at radius 1 is 1.14 bits per heavy atom. The van der Waals surface area contributed by atoms with Crippen LogP contribution in [0.3, 0.4) is 0 Å². The molecule has 3 aromatic rings. The number of H-pyrrole nitrogens is 1. The van der Waals surface area contributed by atoms with E-state index in [9.17, 15) is 4.79 Å². The van der Waals surface area contributed by atoms with Gasteiger partial charge >= 0.3 is 0 Å². The Balaban J connectivity index is 1.15. The first kappa shape index (κ1) is 17.8. The molecular weight excluding hydrogens is 368 g/mol. The largest absolute Gasteiger partial charge is 0.348 e. The first-order chi connectivity index (χ1) is 13.7. The number of hydrogen-bond acceptors (Lipinski definition) is 4. The van der Waals surface area contributed by atoms with Crippen LogP contribution < -0.4 is 5.32 Å². The van der Waals surface area contributed by atoms with Gasteiger partial charge < -0.3 is 10.3 Å². The zero-order chi connectivity index (χ0) is 18.9. The predicted molar refractivity (Wildman–Crippen MR) is 113 cm³/mol. The van der Waals surface area contributed by atoms with E-state index < -0.39 is 0 Å². The van der Waals surface area contributed by atoms with Gasteiger partial charge in [0.1, 0.15) is 0 Å². The summed E-state index contributed by atoms with van der Waals surface area (Å²) in [6, 6.07) is 17.1. The van der Waals surface area contributed by atoms with Crippen LogP contribution in [0.25, 0.3) is 11.0 Å². The van der Waals surface area contributed by atoms with Gasteiger partial charge in [0, 0.05) is 36.5 Å². The van der Waals surface area contributed by atoms with Crippen molar-refractivity contribution in [3.63, 3.8) is 0 Å². The Morgan fingerprint density at radius 2 is 1.96 bits per heavy atom. The van der Waals surface area contributed by atoms with Crippen LogP contribution >= 0.6 is 11.8 Å². The van der Waals surface area contributed by atoms with E-state index in [0.29, 0.717) is 0 Å². The maximum Gasteiger partial charge on any atom is 0.251 e. The number of aromatic amines is 1. The lowest BCUT2D eigenvalue weighted by Crippen LogP contribution is -2.37. The molecule has 5 rings (SSSR count). The van der Waals surface area contributed by atoms with E-state index in [4.69, 9.17) is 0 Å². The molecule has 1 saturated heterocycles. The number of carbonyl (C=O) groups excluding carboxylic acids is 1. The van der Waals surface area contributed by atoms with Crippen molar-refractivity contribution in [2.24, 2.45) is 0 Å². The van der Waals surface area contributed by atoms with Crippen molar-refractivity contribution in [2.45, 2.75) is 42.3 Å². The number of aromatic nitrogens is 2. The van der Waals surface area contributed by atoms with Gasteiger partial charge in [-0.25, -0.2) is 4.98 Å². The van der Waals surface area contributed by atoms with Gasteiger partial charge in [-0.15, -0.1) is 0 Å². The van der Waals surface area contributed by atoms with E-state index in [1.165, 1.54) is 18.4 Å². The number of rotatable bonds is 6. The summed E-state index contributed by atoms with van der Waals surface area (Å²) in [5.41, 5.74) is 3.97. The molecule has 1 unspecified atom stereocenters. The number of fused-ring (bicyclic) bond motifs is 1. The average molecular weight is 393 g/mol. The summed E-state index contributed by atoms with van der Waals surface area (Å²) >= 11 is 1.68. The first-order valence-corrected chi connectivity index (χ1v) is 10.9. The van der Waals surface area contributed by atoms with Crippen molar-refractivity contribution in [2.75, 3.05) is 13.1 Å². The fourth-order valence-electron chi connectivity index (χ4n) is 3.85. The molecule has 0 radical (unpaired) electrons. The molecule has 0 bridgehead atoms. The second-order valence-corrected chi connectivity index (χ2v) is 8.69. The third-order valence-electron chi connectivity index (χ3n) is 5.58. The van der Waals surface area contributed by atoms with Crippen LogP contribution in [0.1, 0.15) is 35.2 Å². The van der Waals surface area contributed by atoms with Crippen molar-refractivity contribution in [1.29, 1.82) is 0 Å². The maximum absolute atomic E-state index is 12.5. The molecule has 2 heterocycles. The third kappa shape index (κ3) is 3.93. The number of nitrogens with one attached hydrogen (secondary N) is 2. The van der Waals surface area contributed by atoms with Crippen molar-refractivity contribution in [1.82, 2.24) is 20.2 Å². The third-order valence-corrected chi connectivity index (χ3v) is 6.52. The maximum atomic E-state index is 12.5. The van der Waals surface area contributed by atoms with Crippen LogP contribution in [0, 0.1) is 0 Å². The van der Waals surface area contributed by atoms with E-state index >= 15 is 0 Å². The number of amides is 1. The zero-order valence-corrected chi connectivity index (χ0v) is 16.5. The second kappa shape index (κ2) is 7.60. The smallest absolute Gasteiger partial charge is 0.251 e. The van der Waals surface area contributed by atoms with E-state index in [0.717, 1.165) is 53.1 Å². The standard InChI is InChI=1S/C22H24N4OS/c27-21(23-17-11-12-26(13-17)18-9-10-18)16-7-5-15(6-8-16)14-28-22-24-19-3-1-2-4-20(19)25-22/h1-8,17-18H,9-14H2,(H,23,27)(H,24,25). The zero-order valence-electron chi connectivity index (χ0n) is 15.7. The number of benzene rings is 2. The summed E-state index contributed by atoms with van der Waals surface area (Å²) in [4.78, 5) is 23.0. The Hall–Kier alpha value is -2.31. The summed E-state index contributed by atoms with van der Waals surface area (Å²) < 4.78 is 0. The average Bonchev–Trinajstić information content (AvgIpc) is 3.32. The Bertz CT molecular complexity index is 947. The van der Waals surface area contributed by atoms with Crippen molar-refractivity contribution < 1.29 is 4.79 Å². The van der Waals surface area contributed by atoms with Crippen molar-refractivity contribution in [3.8, 4) is 0 Å². The topological polar surface area (TPSA) is 61.0 Å². The van der Waals surface area contributed by atoms with Crippen LogP contribution in [0.4, 0.5) is 0 Å². The van der Waals surface area contributed by atoms with Gasteiger partial charge in [-0.05, 0) is 49.1 Å². The lowest BCUT2D eigenvalue weighted by Gasteiger charge is -2.15. The van der Waals surface area contributed by atoms with Crippen LogP contribution in [0.15, 0.2) is 53.7 Å². The van der Waals surface area contributed by atoms with Gasteiger partial charge in [-0.3, -0.25) is 9.69 Å². The lowest BCUT2D eigenvalue weighted by molar-refractivity contribution is 0.0937. The Labute approximate surface area is 168 Å². The monoisotopic (exact) mass is 392 g/mol. The molecule has 0 spiro atoms. The molecule has 1 aromatic heterocycles. The number of carbonyl (C=O) groups is 1. The molecule has 1 amide bonds. The highest BCUT2D eigenvalue weighted by Crippen LogP contribution is 2.30. The predicted octanol–water partition coefficient (Wildman–Crippen LogP) is 3.82. The summed E-state index contributed by atoms with van der Waals surface area (Å²) in [5.74, 6) is 0.861. The van der Waals surface area contributed by atoms with E-state index in [1.807, 2.05) is 48.5 Å². The fraction of sp³-hybridized carbons (Fsp3) is 0.364. The molecule has 5 nitrogen and oxygen atoms in total. The van der Waals surface area contributed by atoms with E-state index in [1.54, 1.807) is 11.8 Å². The molecule has 144 valence electrons. The van der Waals surface area contributed by atoms with Crippen LogP contribution in [0.5, 0.6) is 0 Å². The summed E-state index contributed by atoms with van der Waals surface area (Å²) in [5, 5.41) is 4.12. The van der Waals surface area contributed by atoms with Gasteiger partial charge in [0.2, 0.25) is 0 Å². The Kier molecular flexibility index (Phi) is 4.82. The molecule has 2 N–H and O–H groups in total. The Morgan fingerprint density at radius 3 is 2.75 bits per heavy atom. The molecular formula is C22H24N4OS. The van der Waals surface area contributed by atoms with Crippen LogP contribution in [-0.2, 0) is 5.75 Å². The van der Waals surface area contributed by atoms with Gasteiger partial charge in [-0.1, -0.05) is 36.0 Å². The minimum Gasteiger partial charge on any atom is -0.348 e. The fourth-order valence-corrected chi connectivity index (χ4v) is 4.69. The molecule has 6 heteroatoms. The minimum absolute atomic E-state index is 0.0409. The van der Waals surface area contributed by atoms with Crippen molar-refractivity contribution in [3.05, 3.63) is 59.7 Å². The van der Waals surface area contributed by atoms with Gasteiger partial charge in [0.05, 0.1) is 11.0 Å². The normalized spacial score (nSPS) is 19.9. The molecule has 1 atom stereocenters. The highest BCUT2D eigenvalue weighted by molar-refractivity contribution is 7.98. The summed E-state index contributed by atoms with van der Waals surface area (Å²) in [6.07, 6.45) is 3.72. The molecule has 1 saturated carbocycles. The SMILES string of the molecule is O=C(NC1CCN(C2CC2)C1)c1ccc(CSc2nc3ccccc3[nH]2)cc1.